The molecule has 0 atom stereocenters. The van der Waals surface area contributed by atoms with Crippen molar-refractivity contribution in [2.24, 2.45) is 10.7 Å². The van der Waals surface area contributed by atoms with Crippen LogP contribution in [0.2, 0.25) is 0 Å². The molecule has 6 heteroatoms. The number of guanidine groups is 1. The standard InChI is InChI=1S/C19H30N4O.HI/c20-19(22-17-7-8-17)21-11-4-14-24-18-9-12-23(13-10-18)15-16-5-2-1-3-6-16;/h1-3,5-6,17-18H,4,7-15H2,(H3,20,21,22);1H. The van der Waals surface area contributed by atoms with Crippen molar-refractivity contribution in [3.8, 4) is 0 Å². The summed E-state index contributed by atoms with van der Waals surface area (Å²) in [6, 6.07) is 11.3. The smallest absolute Gasteiger partial charge is 0.188 e. The van der Waals surface area contributed by atoms with E-state index >= 15 is 0 Å². The summed E-state index contributed by atoms with van der Waals surface area (Å²) in [5.41, 5.74) is 7.21. The number of hydrogen-bond donors (Lipinski definition) is 2. The maximum absolute atomic E-state index is 6.00. The highest BCUT2D eigenvalue weighted by Crippen LogP contribution is 2.18. The third kappa shape index (κ3) is 7.92. The van der Waals surface area contributed by atoms with Gasteiger partial charge in [0.1, 0.15) is 0 Å². The van der Waals surface area contributed by atoms with E-state index in [-0.39, 0.29) is 24.0 Å². The predicted molar refractivity (Wildman–Crippen MR) is 113 cm³/mol. The average molecular weight is 458 g/mol. The summed E-state index contributed by atoms with van der Waals surface area (Å²) in [7, 11) is 0. The number of aliphatic imine (C=N–C) groups is 1. The van der Waals surface area contributed by atoms with Crippen LogP contribution in [0.15, 0.2) is 35.3 Å². The summed E-state index contributed by atoms with van der Waals surface area (Å²) in [6.45, 7) is 4.82. The van der Waals surface area contributed by atoms with Crippen molar-refractivity contribution in [3.05, 3.63) is 35.9 Å². The number of piperidine rings is 1. The van der Waals surface area contributed by atoms with Gasteiger partial charge in [-0.05, 0) is 37.7 Å². The summed E-state index contributed by atoms with van der Waals surface area (Å²) in [5, 5.41) is 3.20. The lowest BCUT2D eigenvalue weighted by Gasteiger charge is -2.31. The molecule has 0 bridgehead atoms. The molecule has 1 aromatic carbocycles. The Morgan fingerprint density at radius 1 is 1.16 bits per heavy atom. The predicted octanol–water partition coefficient (Wildman–Crippen LogP) is 2.74. The van der Waals surface area contributed by atoms with Crippen LogP contribution in [0, 0.1) is 0 Å². The summed E-state index contributed by atoms with van der Waals surface area (Å²) in [4.78, 5) is 6.86. The summed E-state index contributed by atoms with van der Waals surface area (Å²) >= 11 is 0. The Morgan fingerprint density at radius 2 is 1.88 bits per heavy atom. The minimum atomic E-state index is 0. The zero-order valence-corrected chi connectivity index (χ0v) is 17.2. The second-order valence-corrected chi connectivity index (χ2v) is 6.87. The number of rotatable bonds is 8. The van der Waals surface area contributed by atoms with Crippen LogP contribution < -0.4 is 11.1 Å². The first-order valence-corrected chi connectivity index (χ1v) is 9.24. The van der Waals surface area contributed by atoms with E-state index < -0.39 is 0 Å². The van der Waals surface area contributed by atoms with E-state index in [4.69, 9.17) is 10.5 Å². The minimum absolute atomic E-state index is 0. The Morgan fingerprint density at radius 3 is 2.56 bits per heavy atom. The molecule has 0 aromatic heterocycles. The van der Waals surface area contributed by atoms with Crippen LogP contribution >= 0.6 is 24.0 Å². The number of hydrogen-bond acceptors (Lipinski definition) is 3. The minimum Gasteiger partial charge on any atom is -0.378 e. The lowest BCUT2D eigenvalue weighted by Crippen LogP contribution is -2.36. The third-order valence-electron chi connectivity index (χ3n) is 4.65. The molecular formula is C19H31IN4O. The molecule has 1 saturated heterocycles. The normalized spacial score (nSPS) is 19.4. The second kappa shape index (κ2) is 11.0. The highest BCUT2D eigenvalue weighted by Gasteiger charge is 2.21. The fourth-order valence-corrected chi connectivity index (χ4v) is 3.07. The molecule has 1 aromatic rings. The maximum Gasteiger partial charge on any atom is 0.188 e. The molecule has 3 N–H and O–H groups in total. The Hall–Kier alpha value is -0.860. The van der Waals surface area contributed by atoms with Gasteiger partial charge in [-0.3, -0.25) is 9.89 Å². The maximum atomic E-state index is 6.00. The van der Waals surface area contributed by atoms with Gasteiger partial charge in [0.2, 0.25) is 0 Å². The number of halogens is 1. The number of likely N-dealkylation sites (tertiary alicyclic amines) is 1. The molecule has 2 aliphatic rings. The summed E-state index contributed by atoms with van der Waals surface area (Å²) in [5.74, 6) is 0.590. The Bertz CT molecular complexity index is 513. The van der Waals surface area contributed by atoms with Gasteiger partial charge in [0.25, 0.3) is 0 Å². The highest BCUT2D eigenvalue weighted by molar-refractivity contribution is 14.0. The fourth-order valence-electron chi connectivity index (χ4n) is 3.07. The van der Waals surface area contributed by atoms with Crippen molar-refractivity contribution in [2.75, 3.05) is 26.2 Å². The quantitative estimate of drug-likeness (QED) is 0.272. The van der Waals surface area contributed by atoms with Gasteiger partial charge in [-0.15, -0.1) is 24.0 Å². The molecule has 1 heterocycles. The summed E-state index contributed by atoms with van der Waals surface area (Å²) in [6.07, 6.45) is 6.05. The zero-order valence-electron chi connectivity index (χ0n) is 14.9. The van der Waals surface area contributed by atoms with Crippen LogP contribution in [-0.2, 0) is 11.3 Å². The number of nitrogens with zero attached hydrogens (tertiary/aromatic N) is 2. The molecule has 5 nitrogen and oxygen atoms in total. The first-order valence-electron chi connectivity index (χ1n) is 9.24. The van der Waals surface area contributed by atoms with E-state index in [1.165, 1.54) is 18.4 Å². The van der Waals surface area contributed by atoms with Gasteiger partial charge in [-0.25, -0.2) is 0 Å². The SMILES string of the molecule is I.NC(=NCCCOC1CCN(Cc2ccccc2)CC1)NC1CC1. The number of nitrogens with two attached hydrogens (primary N) is 1. The van der Waals surface area contributed by atoms with Crippen molar-refractivity contribution in [2.45, 2.75) is 50.8 Å². The van der Waals surface area contributed by atoms with Crippen LogP contribution in [0.4, 0.5) is 0 Å². The first-order chi connectivity index (χ1) is 11.8. The van der Waals surface area contributed by atoms with Crippen molar-refractivity contribution in [3.63, 3.8) is 0 Å². The van der Waals surface area contributed by atoms with Crippen molar-refractivity contribution >= 4 is 29.9 Å². The van der Waals surface area contributed by atoms with E-state index in [1.54, 1.807) is 0 Å². The van der Waals surface area contributed by atoms with Gasteiger partial charge in [0.15, 0.2) is 5.96 Å². The van der Waals surface area contributed by atoms with Gasteiger partial charge in [-0.1, -0.05) is 30.3 Å². The van der Waals surface area contributed by atoms with Crippen molar-refractivity contribution in [1.29, 1.82) is 0 Å². The molecular weight excluding hydrogens is 427 g/mol. The fraction of sp³-hybridized carbons (Fsp3) is 0.632. The Balaban J connectivity index is 0.00000225. The van der Waals surface area contributed by atoms with E-state index in [2.05, 4.69) is 45.5 Å². The average Bonchev–Trinajstić information content (AvgIpc) is 3.41. The molecule has 0 radical (unpaired) electrons. The van der Waals surface area contributed by atoms with Crippen LogP contribution in [-0.4, -0.2) is 49.2 Å². The van der Waals surface area contributed by atoms with Gasteiger partial charge in [0, 0.05) is 38.8 Å². The Labute approximate surface area is 168 Å². The monoisotopic (exact) mass is 458 g/mol. The van der Waals surface area contributed by atoms with E-state index in [9.17, 15) is 0 Å². The molecule has 2 fully saturated rings. The third-order valence-corrected chi connectivity index (χ3v) is 4.65. The zero-order chi connectivity index (χ0) is 16.6. The lowest BCUT2D eigenvalue weighted by atomic mass is 10.1. The number of nitrogens with one attached hydrogen (secondary N) is 1. The lowest BCUT2D eigenvalue weighted by molar-refractivity contribution is 0.00566. The molecule has 1 saturated carbocycles. The molecule has 0 unspecified atom stereocenters. The molecule has 1 aliphatic heterocycles. The van der Waals surface area contributed by atoms with E-state index in [1.807, 2.05) is 0 Å². The van der Waals surface area contributed by atoms with Gasteiger partial charge < -0.3 is 15.8 Å². The first kappa shape index (κ1) is 20.5. The molecule has 0 spiro atoms. The van der Waals surface area contributed by atoms with Gasteiger partial charge in [-0.2, -0.15) is 0 Å². The molecule has 25 heavy (non-hydrogen) atoms. The number of ether oxygens (including phenoxy) is 1. The molecule has 140 valence electrons. The van der Waals surface area contributed by atoms with Crippen LogP contribution in [0.25, 0.3) is 0 Å². The van der Waals surface area contributed by atoms with Gasteiger partial charge in [0.05, 0.1) is 6.10 Å². The largest absolute Gasteiger partial charge is 0.378 e. The second-order valence-electron chi connectivity index (χ2n) is 6.87. The van der Waals surface area contributed by atoms with Crippen molar-refractivity contribution in [1.82, 2.24) is 10.2 Å². The van der Waals surface area contributed by atoms with E-state index in [0.717, 1.165) is 52.0 Å². The molecule has 0 amide bonds. The Kier molecular flexibility index (Phi) is 8.98. The topological polar surface area (TPSA) is 62.9 Å². The van der Waals surface area contributed by atoms with E-state index in [0.29, 0.717) is 18.1 Å². The molecule has 3 rings (SSSR count). The highest BCUT2D eigenvalue weighted by atomic mass is 127. The van der Waals surface area contributed by atoms with Crippen LogP contribution in [0.1, 0.15) is 37.7 Å². The van der Waals surface area contributed by atoms with Gasteiger partial charge >= 0.3 is 0 Å². The summed E-state index contributed by atoms with van der Waals surface area (Å²) < 4.78 is 6.00. The van der Waals surface area contributed by atoms with Crippen LogP contribution in [0.5, 0.6) is 0 Å². The number of benzene rings is 1. The molecule has 1 aliphatic carbocycles. The van der Waals surface area contributed by atoms with Crippen molar-refractivity contribution < 1.29 is 4.74 Å². The van der Waals surface area contributed by atoms with Crippen LogP contribution in [0.3, 0.4) is 0 Å².